The van der Waals surface area contributed by atoms with Gasteiger partial charge in [0.15, 0.2) is 0 Å². The van der Waals surface area contributed by atoms with Gasteiger partial charge in [0.05, 0.1) is 4.92 Å². The van der Waals surface area contributed by atoms with Gasteiger partial charge in [0, 0.05) is 35.4 Å². The van der Waals surface area contributed by atoms with Crippen LogP contribution in [0.5, 0.6) is 0 Å². The molecule has 3 N–H and O–H groups in total. The maximum absolute atomic E-state index is 11.1. The second kappa shape index (κ2) is 5.65. The molecular formula is C15H18N4O2. The van der Waals surface area contributed by atoms with Gasteiger partial charge < -0.3 is 11.1 Å². The van der Waals surface area contributed by atoms with E-state index in [0.29, 0.717) is 5.52 Å². The van der Waals surface area contributed by atoms with Crippen LogP contribution in [0.2, 0.25) is 0 Å². The molecule has 0 spiro atoms. The zero-order valence-corrected chi connectivity index (χ0v) is 11.7. The zero-order chi connectivity index (χ0) is 14.8. The molecule has 1 aromatic carbocycles. The number of non-ortho nitro benzene ring substituents is 1. The molecule has 1 heterocycles. The summed E-state index contributed by atoms with van der Waals surface area (Å²) in [7, 11) is 0. The highest BCUT2D eigenvalue weighted by Crippen LogP contribution is 2.30. The maximum Gasteiger partial charge on any atom is 0.295 e. The summed E-state index contributed by atoms with van der Waals surface area (Å²) < 4.78 is 0. The van der Waals surface area contributed by atoms with Crippen molar-refractivity contribution in [2.45, 2.75) is 37.8 Å². The van der Waals surface area contributed by atoms with Crippen molar-refractivity contribution in [2.24, 2.45) is 5.73 Å². The highest BCUT2D eigenvalue weighted by atomic mass is 16.6. The number of anilines is 1. The van der Waals surface area contributed by atoms with E-state index in [9.17, 15) is 10.1 Å². The molecule has 0 aliphatic heterocycles. The smallest absolute Gasteiger partial charge is 0.295 e. The minimum atomic E-state index is -0.397. The lowest BCUT2D eigenvalue weighted by Crippen LogP contribution is -2.42. The van der Waals surface area contributed by atoms with Crippen LogP contribution in [0.4, 0.5) is 11.4 Å². The van der Waals surface area contributed by atoms with Gasteiger partial charge in [0.25, 0.3) is 5.69 Å². The second-order valence-electron chi connectivity index (χ2n) is 5.49. The lowest BCUT2D eigenvalue weighted by atomic mass is 9.91. The Balaban J connectivity index is 1.99. The number of benzene rings is 1. The van der Waals surface area contributed by atoms with Gasteiger partial charge in [0.1, 0.15) is 5.52 Å². The van der Waals surface area contributed by atoms with Gasteiger partial charge in [-0.15, -0.1) is 0 Å². The average molecular weight is 286 g/mol. The molecule has 2 unspecified atom stereocenters. The summed E-state index contributed by atoms with van der Waals surface area (Å²) >= 11 is 0. The van der Waals surface area contributed by atoms with Crippen molar-refractivity contribution in [3.05, 3.63) is 40.6 Å². The number of hydrogen-bond donors (Lipinski definition) is 2. The Bertz CT molecular complexity index is 674. The fourth-order valence-electron chi connectivity index (χ4n) is 2.97. The van der Waals surface area contributed by atoms with Crippen molar-refractivity contribution >= 4 is 22.3 Å². The van der Waals surface area contributed by atoms with Gasteiger partial charge in [-0.05, 0) is 18.9 Å². The van der Waals surface area contributed by atoms with Crippen molar-refractivity contribution in [1.82, 2.24) is 4.98 Å². The largest absolute Gasteiger partial charge is 0.380 e. The van der Waals surface area contributed by atoms with Crippen molar-refractivity contribution in [1.29, 1.82) is 0 Å². The molecule has 0 radical (unpaired) electrons. The number of aromatic nitrogens is 1. The number of nitro groups is 1. The first-order chi connectivity index (χ1) is 10.2. The van der Waals surface area contributed by atoms with E-state index in [0.717, 1.165) is 30.3 Å². The number of nitro benzene ring substituents is 1. The van der Waals surface area contributed by atoms with E-state index < -0.39 is 4.92 Å². The summed E-state index contributed by atoms with van der Waals surface area (Å²) in [6.45, 7) is 0. The first-order valence-corrected chi connectivity index (χ1v) is 7.21. The van der Waals surface area contributed by atoms with Crippen LogP contribution in [0, 0.1) is 10.1 Å². The van der Waals surface area contributed by atoms with Crippen LogP contribution in [-0.4, -0.2) is 22.0 Å². The molecular weight excluding hydrogens is 268 g/mol. The fraction of sp³-hybridized carbons (Fsp3) is 0.400. The van der Waals surface area contributed by atoms with Crippen LogP contribution in [0.1, 0.15) is 25.7 Å². The predicted octanol–water partition coefficient (Wildman–Crippen LogP) is 2.82. The number of nitrogens with one attached hydrogen (secondary N) is 1. The number of para-hydroxylation sites is 1. The van der Waals surface area contributed by atoms with E-state index >= 15 is 0 Å². The molecule has 1 aliphatic carbocycles. The van der Waals surface area contributed by atoms with E-state index in [1.807, 2.05) is 12.1 Å². The lowest BCUT2D eigenvalue weighted by Gasteiger charge is -2.30. The number of rotatable bonds is 3. The average Bonchev–Trinajstić information content (AvgIpc) is 2.49. The SMILES string of the molecule is NC1CCCCC1Nc1ccnc2c([N+](=O)[O-])cccc12. The van der Waals surface area contributed by atoms with Crippen LogP contribution in [0.25, 0.3) is 10.9 Å². The summed E-state index contributed by atoms with van der Waals surface area (Å²) in [5.41, 5.74) is 7.47. The predicted molar refractivity (Wildman–Crippen MR) is 82.3 cm³/mol. The summed E-state index contributed by atoms with van der Waals surface area (Å²) in [6.07, 6.45) is 5.98. The summed E-state index contributed by atoms with van der Waals surface area (Å²) in [6, 6.07) is 7.21. The molecule has 3 rings (SSSR count). The number of pyridine rings is 1. The second-order valence-corrected chi connectivity index (χ2v) is 5.49. The van der Waals surface area contributed by atoms with Gasteiger partial charge in [-0.3, -0.25) is 10.1 Å². The lowest BCUT2D eigenvalue weighted by molar-refractivity contribution is -0.383. The number of fused-ring (bicyclic) bond motifs is 1. The van der Waals surface area contributed by atoms with E-state index in [1.165, 1.54) is 12.5 Å². The topological polar surface area (TPSA) is 94.1 Å². The first-order valence-electron chi connectivity index (χ1n) is 7.21. The standard InChI is InChI=1S/C15H18N4O2/c16-11-5-1-2-6-13(11)18-12-8-9-17-15-10(12)4-3-7-14(15)19(20)21/h3-4,7-9,11,13H,1-2,5-6,16H2,(H,17,18). The first kappa shape index (κ1) is 13.8. The van der Waals surface area contributed by atoms with Gasteiger partial charge in [0.2, 0.25) is 0 Å². The molecule has 1 aromatic heterocycles. The Kier molecular flexibility index (Phi) is 3.70. The Labute approximate surface area is 122 Å². The van der Waals surface area contributed by atoms with Crippen LogP contribution >= 0.6 is 0 Å². The van der Waals surface area contributed by atoms with Gasteiger partial charge in [-0.1, -0.05) is 25.0 Å². The maximum atomic E-state index is 11.1. The summed E-state index contributed by atoms with van der Waals surface area (Å²) in [4.78, 5) is 14.9. The summed E-state index contributed by atoms with van der Waals surface area (Å²) in [5.74, 6) is 0. The number of hydrogen-bond acceptors (Lipinski definition) is 5. The molecule has 6 heteroatoms. The molecule has 2 aromatic rings. The molecule has 0 bridgehead atoms. The fourth-order valence-corrected chi connectivity index (χ4v) is 2.97. The van der Waals surface area contributed by atoms with Crippen LogP contribution in [0.15, 0.2) is 30.5 Å². The molecule has 1 saturated carbocycles. The van der Waals surface area contributed by atoms with Crippen LogP contribution in [0.3, 0.4) is 0 Å². The molecule has 0 saturated heterocycles. The third-order valence-corrected chi connectivity index (χ3v) is 4.11. The van der Waals surface area contributed by atoms with E-state index in [-0.39, 0.29) is 17.8 Å². The van der Waals surface area contributed by atoms with Gasteiger partial charge in [-0.2, -0.15) is 0 Å². The van der Waals surface area contributed by atoms with Crippen molar-refractivity contribution in [2.75, 3.05) is 5.32 Å². The minimum Gasteiger partial charge on any atom is -0.380 e. The highest BCUT2D eigenvalue weighted by Gasteiger charge is 2.23. The Hall–Kier alpha value is -2.21. The Morgan fingerprint density at radius 1 is 1.29 bits per heavy atom. The van der Waals surface area contributed by atoms with E-state index in [2.05, 4.69) is 10.3 Å². The molecule has 0 amide bonds. The minimum absolute atomic E-state index is 0.0316. The van der Waals surface area contributed by atoms with E-state index in [1.54, 1.807) is 12.3 Å². The van der Waals surface area contributed by atoms with Crippen LogP contribution < -0.4 is 11.1 Å². The molecule has 1 aliphatic rings. The third kappa shape index (κ3) is 2.67. The normalized spacial score (nSPS) is 22.1. The Morgan fingerprint density at radius 2 is 2.10 bits per heavy atom. The Morgan fingerprint density at radius 3 is 2.86 bits per heavy atom. The number of nitrogens with two attached hydrogens (primary N) is 1. The molecule has 110 valence electrons. The molecule has 1 fully saturated rings. The van der Waals surface area contributed by atoms with Crippen molar-refractivity contribution in [3.63, 3.8) is 0 Å². The van der Waals surface area contributed by atoms with Crippen molar-refractivity contribution in [3.8, 4) is 0 Å². The van der Waals surface area contributed by atoms with Crippen molar-refractivity contribution < 1.29 is 4.92 Å². The quantitative estimate of drug-likeness (QED) is 0.668. The highest BCUT2D eigenvalue weighted by molar-refractivity contribution is 5.96. The molecule has 2 atom stereocenters. The molecule has 21 heavy (non-hydrogen) atoms. The third-order valence-electron chi connectivity index (χ3n) is 4.11. The van der Waals surface area contributed by atoms with Crippen LogP contribution in [-0.2, 0) is 0 Å². The van der Waals surface area contributed by atoms with Gasteiger partial charge in [-0.25, -0.2) is 4.98 Å². The van der Waals surface area contributed by atoms with Gasteiger partial charge >= 0.3 is 0 Å². The van der Waals surface area contributed by atoms with E-state index in [4.69, 9.17) is 5.73 Å². The number of nitrogens with zero attached hydrogens (tertiary/aromatic N) is 2. The molecule has 6 nitrogen and oxygen atoms in total. The monoisotopic (exact) mass is 286 g/mol. The summed E-state index contributed by atoms with van der Waals surface area (Å²) in [5, 5.41) is 15.3. The zero-order valence-electron chi connectivity index (χ0n) is 11.7.